The van der Waals surface area contributed by atoms with Gasteiger partial charge in [-0.05, 0) is 18.2 Å². The van der Waals surface area contributed by atoms with Crippen molar-refractivity contribution in [2.24, 2.45) is 0 Å². The van der Waals surface area contributed by atoms with Crippen LogP contribution in [0.5, 0.6) is 5.75 Å². The first-order valence-corrected chi connectivity index (χ1v) is 5.14. The standard InChI is InChI=1S/C11H9Cl2NO/c1-15-10-7-8(12)6-9(13)11(10)14-4-2-3-5-14/h2-7H,1H3. The third-order valence-corrected chi connectivity index (χ3v) is 2.58. The van der Waals surface area contributed by atoms with Crippen molar-refractivity contribution in [2.75, 3.05) is 7.11 Å². The van der Waals surface area contributed by atoms with E-state index in [0.29, 0.717) is 15.8 Å². The molecule has 2 aromatic rings. The van der Waals surface area contributed by atoms with Crippen molar-refractivity contribution in [1.82, 2.24) is 4.57 Å². The maximum Gasteiger partial charge on any atom is 0.145 e. The third kappa shape index (κ3) is 1.96. The van der Waals surface area contributed by atoms with E-state index in [1.807, 2.05) is 29.1 Å². The molecule has 0 unspecified atom stereocenters. The van der Waals surface area contributed by atoms with E-state index in [9.17, 15) is 0 Å². The molecule has 15 heavy (non-hydrogen) atoms. The van der Waals surface area contributed by atoms with E-state index >= 15 is 0 Å². The molecule has 0 N–H and O–H groups in total. The van der Waals surface area contributed by atoms with Crippen LogP contribution in [0, 0.1) is 0 Å². The van der Waals surface area contributed by atoms with Crippen LogP contribution >= 0.6 is 23.2 Å². The summed E-state index contributed by atoms with van der Waals surface area (Å²) in [6, 6.07) is 7.28. The van der Waals surface area contributed by atoms with E-state index in [1.165, 1.54) is 0 Å². The summed E-state index contributed by atoms with van der Waals surface area (Å²) in [5.41, 5.74) is 0.800. The molecule has 4 heteroatoms. The molecule has 0 aliphatic carbocycles. The third-order valence-electron chi connectivity index (χ3n) is 2.08. The van der Waals surface area contributed by atoms with Gasteiger partial charge >= 0.3 is 0 Å². The molecule has 0 radical (unpaired) electrons. The van der Waals surface area contributed by atoms with Crippen LogP contribution in [-0.4, -0.2) is 11.7 Å². The highest BCUT2D eigenvalue weighted by molar-refractivity contribution is 6.36. The second kappa shape index (κ2) is 4.17. The molecule has 1 aromatic heterocycles. The lowest BCUT2D eigenvalue weighted by molar-refractivity contribution is 0.413. The largest absolute Gasteiger partial charge is 0.494 e. The number of hydrogen-bond donors (Lipinski definition) is 0. The summed E-state index contributed by atoms with van der Waals surface area (Å²) in [5, 5.41) is 1.13. The molecule has 0 atom stereocenters. The molecular formula is C11H9Cl2NO. The molecule has 0 saturated carbocycles. The van der Waals surface area contributed by atoms with Crippen LogP contribution in [0.1, 0.15) is 0 Å². The minimum atomic E-state index is 0.563. The van der Waals surface area contributed by atoms with Gasteiger partial charge in [0, 0.05) is 23.5 Å². The monoisotopic (exact) mass is 241 g/mol. The van der Waals surface area contributed by atoms with Crippen LogP contribution < -0.4 is 4.74 Å². The van der Waals surface area contributed by atoms with E-state index in [4.69, 9.17) is 27.9 Å². The Hall–Kier alpha value is -1.12. The lowest BCUT2D eigenvalue weighted by Gasteiger charge is -2.11. The highest BCUT2D eigenvalue weighted by Gasteiger charge is 2.10. The zero-order chi connectivity index (χ0) is 10.8. The van der Waals surface area contributed by atoms with Crippen LogP contribution in [0.3, 0.4) is 0 Å². The van der Waals surface area contributed by atoms with Gasteiger partial charge in [0.1, 0.15) is 11.4 Å². The maximum atomic E-state index is 6.12. The molecule has 0 spiro atoms. The molecule has 1 aromatic carbocycles. The molecule has 1 heterocycles. The van der Waals surface area contributed by atoms with Gasteiger partial charge in [0.05, 0.1) is 12.1 Å². The number of ether oxygens (including phenoxy) is 1. The lowest BCUT2D eigenvalue weighted by atomic mass is 10.3. The number of nitrogens with zero attached hydrogens (tertiary/aromatic N) is 1. The molecule has 0 amide bonds. The van der Waals surface area contributed by atoms with Crippen molar-refractivity contribution >= 4 is 23.2 Å². The van der Waals surface area contributed by atoms with Crippen molar-refractivity contribution < 1.29 is 4.74 Å². The number of halogens is 2. The maximum absolute atomic E-state index is 6.12. The van der Waals surface area contributed by atoms with E-state index in [1.54, 1.807) is 19.2 Å². The average molecular weight is 242 g/mol. The van der Waals surface area contributed by atoms with Crippen LogP contribution in [-0.2, 0) is 0 Å². The Morgan fingerprint density at radius 2 is 1.80 bits per heavy atom. The summed E-state index contributed by atoms with van der Waals surface area (Å²) < 4.78 is 7.13. The summed E-state index contributed by atoms with van der Waals surface area (Å²) in [6.07, 6.45) is 3.80. The SMILES string of the molecule is COc1cc(Cl)cc(Cl)c1-n1cccc1. The van der Waals surface area contributed by atoms with Crippen molar-refractivity contribution in [1.29, 1.82) is 0 Å². The van der Waals surface area contributed by atoms with Crippen LogP contribution in [0.15, 0.2) is 36.7 Å². The predicted octanol–water partition coefficient (Wildman–Crippen LogP) is 3.79. The van der Waals surface area contributed by atoms with Crippen LogP contribution in [0.2, 0.25) is 10.0 Å². The van der Waals surface area contributed by atoms with Gasteiger partial charge in [-0.3, -0.25) is 0 Å². The van der Waals surface area contributed by atoms with E-state index in [-0.39, 0.29) is 0 Å². The van der Waals surface area contributed by atoms with Gasteiger partial charge in [0.25, 0.3) is 0 Å². The normalized spacial score (nSPS) is 10.3. The van der Waals surface area contributed by atoms with Gasteiger partial charge in [0.2, 0.25) is 0 Å². The summed E-state index contributed by atoms with van der Waals surface area (Å²) in [6.45, 7) is 0. The van der Waals surface area contributed by atoms with Crippen molar-refractivity contribution in [3.05, 3.63) is 46.7 Å². The number of methoxy groups -OCH3 is 1. The molecule has 2 nitrogen and oxygen atoms in total. The van der Waals surface area contributed by atoms with Gasteiger partial charge in [0.15, 0.2) is 0 Å². The Bertz CT molecular complexity index is 466. The fourth-order valence-electron chi connectivity index (χ4n) is 1.43. The highest BCUT2D eigenvalue weighted by Crippen LogP contribution is 2.33. The van der Waals surface area contributed by atoms with Gasteiger partial charge in [-0.2, -0.15) is 0 Å². The zero-order valence-electron chi connectivity index (χ0n) is 8.08. The molecular weight excluding hydrogens is 233 g/mol. The Labute approximate surface area is 98.0 Å². The zero-order valence-corrected chi connectivity index (χ0v) is 9.59. The molecule has 0 saturated heterocycles. The smallest absolute Gasteiger partial charge is 0.145 e. The van der Waals surface area contributed by atoms with Gasteiger partial charge in [-0.1, -0.05) is 23.2 Å². The quantitative estimate of drug-likeness (QED) is 0.781. The first-order chi connectivity index (χ1) is 7.22. The first kappa shape index (κ1) is 10.4. The first-order valence-electron chi connectivity index (χ1n) is 4.39. The summed E-state index contributed by atoms with van der Waals surface area (Å²) in [5.74, 6) is 0.656. The minimum absolute atomic E-state index is 0.563. The van der Waals surface area contributed by atoms with Gasteiger partial charge in [-0.25, -0.2) is 0 Å². The number of rotatable bonds is 2. The molecule has 0 aliphatic heterocycles. The fourth-order valence-corrected chi connectivity index (χ4v) is 2.00. The fraction of sp³-hybridized carbons (Fsp3) is 0.0909. The average Bonchev–Trinajstić information content (AvgIpc) is 2.69. The topological polar surface area (TPSA) is 14.2 Å². The van der Waals surface area contributed by atoms with Crippen LogP contribution in [0.25, 0.3) is 5.69 Å². The Morgan fingerprint density at radius 3 is 2.40 bits per heavy atom. The number of aromatic nitrogens is 1. The number of hydrogen-bond acceptors (Lipinski definition) is 1. The Kier molecular flexibility index (Phi) is 2.89. The van der Waals surface area contributed by atoms with Gasteiger partial charge < -0.3 is 9.30 Å². The van der Waals surface area contributed by atoms with Crippen molar-refractivity contribution in [2.45, 2.75) is 0 Å². The molecule has 0 aliphatic rings. The molecule has 2 rings (SSSR count). The Balaban J connectivity index is 2.64. The summed E-state index contributed by atoms with van der Waals surface area (Å²) >= 11 is 12.0. The second-order valence-corrected chi connectivity index (χ2v) is 3.87. The lowest BCUT2D eigenvalue weighted by Crippen LogP contribution is -1.96. The van der Waals surface area contributed by atoms with E-state index in [0.717, 1.165) is 5.69 Å². The molecule has 0 bridgehead atoms. The highest BCUT2D eigenvalue weighted by atomic mass is 35.5. The van der Waals surface area contributed by atoms with Crippen molar-refractivity contribution in [3.8, 4) is 11.4 Å². The number of benzene rings is 1. The minimum Gasteiger partial charge on any atom is -0.494 e. The second-order valence-electron chi connectivity index (χ2n) is 3.03. The predicted molar refractivity (Wildman–Crippen MR) is 62.3 cm³/mol. The van der Waals surface area contributed by atoms with Crippen molar-refractivity contribution in [3.63, 3.8) is 0 Å². The van der Waals surface area contributed by atoms with Gasteiger partial charge in [-0.15, -0.1) is 0 Å². The van der Waals surface area contributed by atoms with Crippen LogP contribution in [0.4, 0.5) is 0 Å². The molecule has 0 fully saturated rings. The Morgan fingerprint density at radius 1 is 1.13 bits per heavy atom. The molecule has 78 valence electrons. The van der Waals surface area contributed by atoms with E-state index < -0.39 is 0 Å². The van der Waals surface area contributed by atoms with E-state index in [2.05, 4.69) is 0 Å². The summed E-state index contributed by atoms with van der Waals surface area (Å²) in [7, 11) is 1.59. The summed E-state index contributed by atoms with van der Waals surface area (Å²) in [4.78, 5) is 0.